The number of nitrogens with zero attached hydrogens (tertiary/aromatic N) is 3. The molecule has 0 radical (unpaired) electrons. The average molecular weight is 326 g/mol. The summed E-state index contributed by atoms with van der Waals surface area (Å²) in [5, 5.41) is 11.2. The minimum atomic E-state index is -1.19. The van der Waals surface area contributed by atoms with Gasteiger partial charge in [-0.3, -0.25) is 13.9 Å². The molecule has 2 heterocycles. The summed E-state index contributed by atoms with van der Waals surface area (Å²) < 4.78 is 4.14. The minimum Gasteiger partial charge on any atom is -0.549 e. The number of imidazole rings is 1. The fourth-order valence-electron chi connectivity index (χ4n) is 2.25. The van der Waals surface area contributed by atoms with Gasteiger partial charge in [-0.1, -0.05) is 13.3 Å². The molecule has 2 aromatic rings. The van der Waals surface area contributed by atoms with Crippen LogP contribution in [-0.4, -0.2) is 25.8 Å². The number of hydrogen-bond acceptors (Lipinski definition) is 5. The molecule has 8 nitrogen and oxygen atoms in total. The standard InChI is InChI=1S/C13H18N4O4S/c1-4-5-6-17-9-10(14-12(17)22-7-8(18)19)15(2)13(21)16(3)11(9)20/h4-7H2,1-3H3,(H,18,19). The summed E-state index contributed by atoms with van der Waals surface area (Å²) in [7, 11) is 2.99. The zero-order chi connectivity index (χ0) is 16.4. The highest BCUT2D eigenvalue weighted by Crippen LogP contribution is 2.15. The maximum atomic E-state index is 12.4. The van der Waals surface area contributed by atoms with Crippen LogP contribution in [0.15, 0.2) is 14.7 Å². The van der Waals surface area contributed by atoms with Crippen LogP contribution in [-0.2, 0) is 25.4 Å². The lowest BCUT2D eigenvalue weighted by atomic mass is 10.3. The van der Waals surface area contributed by atoms with E-state index in [1.54, 1.807) is 11.6 Å². The molecule has 0 aromatic carbocycles. The number of carboxylic acids is 1. The number of H-pyrrole nitrogens is 1. The van der Waals surface area contributed by atoms with Gasteiger partial charge in [0, 0.05) is 19.8 Å². The van der Waals surface area contributed by atoms with Crippen LogP contribution in [0.4, 0.5) is 0 Å². The highest BCUT2D eigenvalue weighted by atomic mass is 32.2. The topological polar surface area (TPSA) is 104 Å². The third-order valence-electron chi connectivity index (χ3n) is 3.44. The zero-order valence-electron chi connectivity index (χ0n) is 12.7. The summed E-state index contributed by atoms with van der Waals surface area (Å²) in [5.74, 6) is -1.42. The molecule has 2 aromatic heterocycles. The number of carboxylic acid groups (broad SMARTS) is 1. The Kier molecular flexibility index (Phi) is 4.74. The van der Waals surface area contributed by atoms with Gasteiger partial charge in [0.15, 0.2) is 0 Å². The maximum Gasteiger partial charge on any atom is 0.333 e. The van der Waals surface area contributed by atoms with E-state index in [1.165, 1.54) is 11.6 Å². The van der Waals surface area contributed by atoms with Crippen LogP contribution in [0.5, 0.6) is 0 Å². The van der Waals surface area contributed by atoms with Crippen molar-refractivity contribution < 1.29 is 14.5 Å². The van der Waals surface area contributed by atoms with Crippen LogP contribution in [0.25, 0.3) is 11.2 Å². The molecular formula is C13H18N4O4S. The van der Waals surface area contributed by atoms with E-state index >= 15 is 0 Å². The normalized spacial score (nSPS) is 11.2. The van der Waals surface area contributed by atoms with Crippen molar-refractivity contribution in [1.29, 1.82) is 0 Å². The van der Waals surface area contributed by atoms with Crippen LogP contribution in [0.2, 0.25) is 0 Å². The quantitative estimate of drug-likeness (QED) is 0.514. The van der Waals surface area contributed by atoms with Crippen molar-refractivity contribution in [3.8, 4) is 0 Å². The van der Waals surface area contributed by atoms with Crippen LogP contribution in [0.1, 0.15) is 19.8 Å². The van der Waals surface area contributed by atoms with Gasteiger partial charge in [0.1, 0.15) is 0 Å². The monoisotopic (exact) mass is 326 g/mol. The molecule has 1 N–H and O–H groups in total. The number of unbranched alkanes of at least 4 members (excludes halogenated alkanes) is 1. The minimum absolute atomic E-state index is 0.229. The predicted octanol–water partition coefficient (Wildman–Crippen LogP) is -1.51. The van der Waals surface area contributed by atoms with E-state index in [2.05, 4.69) is 4.98 Å². The number of thioether (sulfide) groups is 1. The lowest BCUT2D eigenvalue weighted by molar-refractivity contribution is -0.709. The van der Waals surface area contributed by atoms with Gasteiger partial charge in [0.05, 0.1) is 12.5 Å². The molecule has 0 aliphatic carbocycles. The summed E-state index contributed by atoms with van der Waals surface area (Å²) in [4.78, 5) is 38.1. The Hall–Kier alpha value is -2.03. The molecule has 0 aliphatic heterocycles. The smallest absolute Gasteiger partial charge is 0.333 e. The Balaban J connectivity index is 2.71. The molecule has 0 unspecified atom stereocenters. The third kappa shape index (κ3) is 2.80. The molecule has 0 spiro atoms. The summed E-state index contributed by atoms with van der Waals surface area (Å²) >= 11 is 1.04. The van der Waals surface area contributed by atoms with Crippen LogP contribution in [0, 0.1) is 0 Å². The SMILES string of the molecule is CCCC[n+]1c(SCC(=O)[O-])[nH]c2c1c(=O)n(C)c(=O)n2C. The lowest BCUT2D eigenvalue weighted by Crippen LogP contribution is -2.44. The number of fused-ring (bicyclic) bond motifs is 1. The van der Waals surface area contributed by atoms with E-state index in [0.29, 0.717) is 22.9 Å². The fourth-order valence-corrected chi connectivity index (χ4v) is 3.02. The second kappa shape index (κ2) is 6.39. The Labute approximate surface area is 130 Å². The van der Waals surface area contributed by atoms with Crippen molar-refractivity contribution in [3.63, 3.8) is 0 Å². The number of aryl methyl sites for hydroxylation is 2. The first-order chi connectivity index (χ1) is 10.4. The summed E-state index contributed by atoms with van der Waals surface area (Å²) in [6.45, 7) is 2.59. The number of carbonyl (C=O) groups excluding carboxylic acids is 1. The summed E-state index contributed by atoms with van der Waals surface area (Å²) in [6, 6.07) is 0. The maximum absolute atomic E-state index is 12.4. The van der Waals surface area contributed by atoms with Gasteiger partial charge < -0.3 is 9.90 Å². The first kappa shape index (κ1) is 16.3. The molecule has 22 heavy (non-hydrogen) atoms. The highest BCUT2D eigenvalue weighted by molar-refractivity contribution is 7.99. The molecule has 0 atom stereocenters. The van der Waals surface area contributed by atoms with Gasteiger partial charge in [-0.15, -0.1) is 0 Å². The molecule has 0 fully saturated rings. The summed E-state index contributed by atoms with van der Waals surface area (Å²) in [6.07, 6.45) is 1.76. The first-order valence-corrected chi connectivity index (χ1v) is 7.91. The number of rotatable bonds is 6. The second-order valence-corrected chi connectivity index (χ2v) is 5.96. The van der Waals surface area contributed by atoms with Crippen LogP contribution < -0.4 is 20.9 Å². The van der Waals surface area contributed by atoms with Crippen LogP contribution in [0.3, 0.4) is 0 Å². The van der Waals surface area contributed by atoms with Crippen molar-refractivity contribution in [2.45, 2.75) is 31.5 Å². The number of aromatic nitrogens is 4. The number of hydrogen-bond donors (Lipinski definition) is 1. The van der Waals surface area contributed by atoms with Gasteiger partial charge in [0.2, 0.25) is 0 Å². The van der Waals surface area contributed by atoms with E-state index < -0.39 is 17.2 Å². The van der Waals surface area contributed by atoms with Crippen molar-refractivity contribution >= 4 is 28.9 Å². The molecule has 9 heteroatoms. The first-order valence-electron chi connectivity index (χ1n) is 6.92. The largest absolute Gasteiger partial charge is 0.549 e. The van der Waals surface area contributed by atoms with Gasteiger partial charge in [-0.25, -0.2) is 14.3 Å². The molecule has 0 saturated carbocycles. The van der Waals surface area contributed by atoms with E-state index in [9.17, 15) is 19.5 Å². The van der Waals surface area contributed by atoms with Gasteiger partial charge in [-0.2, -0.15) is 0 Å². The predicted molar refractivity (Wildman–Crippen MR) is 79.6 cm³/mol. The van der Waals surface area contributed by atoms with Gasteiger partial charge in [0.25, 0.3) is 11.2 Å². The number of carbonyl (C=O) groups is 1. The third-order valence-corrected chi connectivity index (χ3v) is 4.42. The molecule has 0 saturated heterocycles. The molecule has 0 bridgehead atoms. The molecular weight excluding hydrogens is 308 g/mol. The lowest BCUT2D eigenvalue weighted by Gasteiger charge is -2.02. The average Bonchev–Trinajstić information content (AvgIpc) is 2.85. The molecule has 120 valence electrons. The van der Waals surface area contributed by atoms with Crippen molar-refractivity contribution in [3.05, 3.63) is 20.8 Å². The molecule has 2 rings (SSSR count). The fraction of sp³-hybridized carbons (Fsp3) is 0.538. The zero-order valence-corrected chi connectivity index (χ0v) is 13.5. The summed E-state index contributed by atoms with van der Waals surface area (Å²) in [5.41, 5.74) is -0.0625. The number of nitrogens with one attached hydrogen (secondary N) is 1. The van der Waals surface area contributed by atoms with E-state index in [4.69, 9.17) is 0 Å². The van der Waals surface area contributed by atoms with E-state index in [-0.39, 0.29) is 5.75 Å². The Morgan fingerprint density at radius 2 is 2.00 bits per heavy atom. The molecule has 0 aliphatic rings. The Bertz CT molecular complexity index is 833. The number of aliphatic carboxylic acids is 1. The van der Waals surface area contributed by atoms with Crippen molar-refractivity contribution in [2.24, 2.45) is 14.1 Å². The van der Waals surface area contributed by atoms with Gasteiger partial charge in [-0.05, 0) is 18.2 Å². The van der Waals surface area contributed by atoms with E-state index in [0.717, 1.165) is 29.2 Å². The second-order valence-electron chi connectivity index (χ2n) is 5.00. The highest BCUT2D eigenvalue weighted by Gasteiger charge is 2.25. The Morgan fingerprint density at radius 3 is 2.59 bits per heavy atom. The number of aromatic amines is 1. The van der Waals surface area contributed by atoms with Gasteiger partial charge >= 0.3 is 16.4 Å². The van der Waals surface area contributed by atoms with Crippen LogP contribution >= 0.6 is 11.8 Å². The van der Waals surface area contributed by atoms with Crippen molar-refractivity contribution in [1.82, 2.24) is 14.1 Å². The Morgan fingerprint density at radius 1 is 1.32 bits per heavy atom. The van der Waals surface area contributed by atoms with Crippen molar-refractivity contribution in [2.75, 3.05) is 5.75 Å². The molecule has 0 amide bonds. The van der Waals surface area contributed by atoms with E-state index in [1.807, 2.05) is 6.92 Å².